The van der Waals surface area contributed by atoms with E-state index in [1.54, 1.807) is 0 Å². The molecule has 140 valence electrons. The first-order valence-electron chi connectivity index (χ1n) is 10.2. The minimum absolute atomic E-state index is 0.140. The van der Waals surface area contributed by atoms with Gasteiger partial charge in [-0.1, -0.05) is 65.7 Å². The van der Waals surface area contributed by atoms with Gasteiger partial charge in [0.15, 0.2) is 0 Å². The van der Waals surface area contributed by atoms with Crippen LogP contribution in [0.15, 0.2) is 0 Å². The molecule has 0 fully saturated rings. The minimum Gasteiger partial charge on any atom is -0.316 e. The molecule has 0 rings (SSSR count). The summed E-state index contributed by atoms with van der Waals surface area (Å²) in [4.78, 5) is 0. The molecular weight excluding hydrogens is 282 g/mol. The van der Waals surface area contributed by atoms with Crippen molar-refractivity contribution in [3.63, 3.8) is 0 Å². The summed E-state index contributed by atoms with van der Waals surface area (Å²) in [7, 11) is 4.21. The van der Waals surface area contributed by atoms with Gasteiger partial charge in [0.05, 0.1) is 5.66 Å². The lowest BCUT2D eigenvalue weighted by atomic mass is 9.94. The molecule has 3 heteroatoms. The molecular formula is C20H45N3. The molecule has 0 bridgehead atoms. The number of hydrogen-bond acceptors (Lipinski definition) is 3. The Morgan fingerprint density at radius 2 is 1.26 bits per heavy atom. The zero-order chi connectivity index (χ0) is 17.4. The summed E-state index contributed by atoms with van der Waals surface area (Å²) in [6.45, 7) is 9.11. The maximum Gasteiger partial charge on any atom is 0.0682 e. The Morgan fingerprint density at radius 3 is 1.78 bits per heavy atom. The summed E-state index contributed by atoms with van der Waals surface area (Å²) in [5.74, 6) is 0.751. The van der Waals surface area contributed by atoms with Crippen molar-refractivity contribution in [2.45, 2.75) is 97.1 Å². The molecule has 3 nitrogen and oxygen atoms in total. The summed E-state index contributed by atoms with van der Waals surface area (Å²) >= 11 is 0. The number of rotatable bonds is 17. The van der Waals surface area contributed by atoms with Crippen LogP contribution in [0.4, 0.5) is 0 Å². The van der Waals surface area contributed by atoms with Gasteiger partial charge in [-0.2, -0.15) is 0 Å². The Hall–Kier alpha value is -0.120. The van der Waals surface area contributed by atoms with Crippen LogP contribution in [0.2, 0.25) is 0 Å². The molecule has 0 aromatic rings. The second-order valence-electron chi connectivity index (χ2n) is 7.51. The zero-order valence-electron chi connectivity index (χ0n) is 16.8. The van der Waals surface area contributed by atoms with Crippen molar-refractivity contribution in [3.05, 3.63) is 0 Å². The smallest absolute Gasteiger partial charge is 0.0682 e. The lowest BCUT2D eigenvalue weighted by Gasteiger charge is -2.34. The number of nitrogens with one attached hydrogen (secondary N) is 3. The molecule has 0 unspecified atom stereocenters. The van der Waals surface area contributed by atoms with Crippen LogP contribution in [0, 0.1) is 5.92 Å². The highest BCUT2D eigenvalue weighted by atomic mass is 15.2. The van der Waals surface area contributed by atoms with Crippen molar-refractivity contribution in [2.24, 2.45) is 5.92 Å². The molecule has 23 heavy (non-hydrogen) atoms. The van der Waals surface area contributed by atoms with Gasteiger partial charge in [0, 0.05) is 0 Å². The molecule has 0 saturated heterocycles. The normalized spacial score (nSPS) is 12.3. The Morgan fingerprint density at radius 1 is 0.739 bits per heavy atom. The van der Waals surface area contributed by atoms with E-state index in [9.17, 15) is 0 Å². The summed E-state index contributed by atoms with van der Waals surface area (Å²) in [5.41, 5.74) is 0.140. The molecule has 0 atom stereocenters. The third-order valence-corrected chi connectivity index (χ3v) is 4.92. The fraction of sp³-hybridized carbons (Fsp3) is 1.00. The Balaban J connectivity index is 3.78. The van der Waals surface area contributed by atoms with E-state index in [2.05, 4.69) is 50.8 Å². The third kappa shape index (κ3) is 12.9. The van der Waals surface area contributed by atoms with Crippen LogP contribution in [0.3, 0.4) is 0 Å². The van der Waals surface area contributed by atoms with E-state index in [-0.39, 0.29) is 5.66 Å². The van der Waals surface area contributed by atoms with Gasteiger partial charge in [-0.05, 0) is 58.8 Å². The summed E-state index contributed by atoms with van der Waals surface area (Å²) in [6, 6.07) is 0. The van der Waals surface area contributed by atoms with E-state index in [1.165, 1.54) is 70.6 Å². The first kappa shape index (κ1) is 22.9. The number of hydrogen-bond donors (Lipinski definition) is 3. The minimum atomic E-state index is 0.140. The highest BCUT2D eigenvalue weighted by Gasteiger charge is 2.24. The maximum atomic E-state index is 3.55. The average molecular weight is 328 g/mol. The summed E-state index contributed by atoms with van der Waals surface area (Å²) in [5, 5.41) is 10.7. The highest BCUT2D eigenvalue weighted by molar-refractivity contribution is 4.82. The van der Waals surface area contributed by atoms with E-state index in [0.29, 0.717) is 0 Å². The molecule has 0 heterocycles. The third-order valence-electron chi connectivity index (χ3n) is 4.92. The van der Waals surface area contributed by atoms with Crippen molar-refractivity contribution < 1.29 is 0 Å². The molecule has 0 aliphatic heterocycles. The Kier molecular flexibility index (Phi) is 15.3. The fourth-order valence-corrected chi connectivity index (χ4v) is 3.20. The molecule has 0 aromatic carbocycles. The monoisotopic (exact) mass is 327 g/mol. The van der Waals surface area contributed by atoms with E-state index < -0.39 is 0 Å². The van der Waals surface area contributed by atoms with Gasteiger partial charge >= 0.3 is 0 Å². The quantitative estimate of drug-likeness (QED) is 0.268. The molecule has 0 radical (unpaired) electrons. The number of unbranched alkanes of at least 4 members (excludes halogenated alkanes) is 7. The van der Waals surface area contributed by atoms with Crippen LogP contribution < -0.4 is 16.0 Å². The molecule has 0 aromatic heterocycles. The van der Waals surface area contributed by atoms with Gasteiger partial charge in [-0.25, -0.2) is 0 Å². The Bertz CT molecular complexity index is 237. The zero-order valence-corrected chi connectivity index (χ0v) is 16.8. The predicted molar refractivity (Wildman–Crippen MR) is 105 cm³/mol. The summed E-state index contributed by atoms with van der Waals surface area (Å²) in [6.07, 6.45) is 14.7. The molecule has 0 spiro atoms. The second kappa shape index (κ2) is 15.4. The molecule has 3 N–H and O–H groups in total. The lowest BCUT2D eigenvalue weighted by molar-refractivity contribution is 0.237. The topological polar surface area (TPSA) is 36.1 Å². The summed E-state index contributed by atoms with van der Waals surface area (Å²) < 4.78 is 0. The standard InChI is InChI=1S/C20H45N3/c1-6-7-8-9-10-11-12-15-20(21-4,22-5)16-13-14-17-23-18-19(2)3/h19,21-23H,6-18H2,1-5H3. The fourth-order valence-electron chi connectivity index (χ4n) is 3.20. The molecule has 0 amide bonds. The van der Waals surface area contributed by atoms with Gasteiger partial charge in [0.1, 0.15) is 0 Å². The van der Waals surface area contributed by atoms with Gasteiger partial charge in [-0.3, -0.25) is 0 Å². The van der Waals surface area contributed by atoms with Crippen molar-refractivity contribution in [1.29, 1.82) is 0 Å². The Labute approximate surface area is 146 Å². The molecule has 0 aliphatic carbocycles. The van der Waals surface area contributed by atoms with E-state index in [4.69, 9.17) is 0 Å². The highest BCUT2D eigenvalue weighted by Crippen LogP contribution is 2.19. The van der Waals surface area contributed by atoms with Crippen molar-refractivity contribution >= 4 is 0 Å². The maximum absolute atomic E-state index is 3.55. The SMILES string of the molecule is CCCCCCCCCC(CCCCNCC(C)C)(NC)NC. The molecule has 0 aliphatic rings. The van der Waals surface area contributed by atoms with Crippen LogP contribution in [0.5, 0.6) is 0 Å². The van der Waals surface area contributed by atoms with Crippen LogP contribution >= 0.6 is 0 Å². The van der Waals surface area contributed by atoms with E-state index in [1.807, 2.05) is 0 Å². The van der Waals surface area contributed by atoms with Crippen molar-refractivity contribution in [2.75, 3.05) is 27.2 Å². The average Bonchev–Trinajstić information content (AvgIpc) is 2.55. The van der Waals surface area contributed by atoms with Crippen LogP contribution in [-0.4, -0.2) is 32.8 Å². The van der Waals surface area contributed by atoms with Crippen LogP contribution in [0.1, 0.15) is 91.4 Å². The van der Waals surface area contributed by atoms with E-state index >= 15 is 0 Å². The predicted octanol–water partition coefficient (Wildman–Crippen LogP) is 4.68. The molecule has 0 saturated carbocycles. The van der Waals surface area contributed by atoms with Crippen molar-refractivity contribution in [3.8, 4) is 0 Å². The first-order chi connectivity index (χ1) is 11.1. The van der Waals surface area contributed by atoms with Gasteiger partial charge < -0.3 is 16.0 Å². The largest absolute Gasteiger partial charge is 0.316 e. The van der Waals surface area contributed by atoms with Crippen LogP contribution in [-0.2, 0) is 0 Å². The first-order valence-corrected chi connectivity index (χ1v) is 10.2. The van der Waals surface area contributed by atoms with Gasteiger partial charge in [-0.15, -0.1) is 0 Å². The van der Waals surface area contributed by atoms with Crippen molar-refractivity contribution in [1.82, 2.24) is 16.0 Å². The van der Waals surface area contributed by atoms with Crippen LogP contribution in [0.25, 0.3) is 0 Å². The van der Waals surface area contributed by atoms with Gasteiger partial charge in [0.25, 0.3) is 0 Å². The van der Waals surface area contributed by atoms with E-state index in [0.717, 1.165) is 19.0 Å². The van der Waals surface area contributed by atoms with Gasteiger partial charge in [0.2, 0.25) is 0 Å². The lowest BCUT2D eigenvalue weighted by Crippen LogP contribution is -2.53. The second-order valence-corrected chi connectivity index (χ2v) is 7.51.